The van der Waals surface area contributed by atoms with E-state index in [1.165, 1.54) is 0 Å². The average molecular weight is 163 g/mol. The van der Waals surface area contributed by atoms with Crippen molar-refractivity contribution in [3.63, 3.8) is 0 Å². The first-order valence-electron chi connectivity index (χ1n) is 2.99. The fourth-order valence-corrected chi connectivity index (χ4v) is 1.44. The van der Waals surface area contributed by atoms with Crippen LogP contribution in [-0.4, -0.2) is 10.8 Å². The van der Waals surface area contributed by atoms with Crippen LogP contribution in [0.15, 0.2) is 16.3 Å². The minimum absolute atomic E-state index is 0.134. The third-order valence-corrected chi connectivity index (χ3v) is 2.15. The molecular weight excluding hydrogens is 158 g/mol. The van der Waals surface area contributed by atoms with Crippen molar-refractivity contribution in [3.8, 4) is 12.1 Å². The molecule has 3 nitrogen and oxygen atoms in total. The third-order valence-electron chi connectivity index (χ3n) is 1.22. The normalized spacial score (nSPS) is 15.2. The second-order valence-corrected chi connectivity index (χ2v) is 3.13. The van der Waals surface area contributed by atoms with Gasteiger partial charge in [0.15, 0.2) is 5.57 Å². The van der Waals surface area contributed by atoms with Crippen molar-refractivity contribution in [3.05, 3.63) is 11.3 Å². The standard InChI is InChI=1S/C7H5N3S/c1-5-10-7(4-11-5)6(2-8)3-9/h4H2,1H3. The van der Waals surface area contributed by atoms with Gasteiger partial charge >= 0.3 is 0 Å². The Morgan fingerprint density at radius 2 is 2.18 bits per heavy atom. The van der Waals surface area contributed by atoms with Crippen LogP contribution in [0.3, 0.4) is 0 Å². The first-order chi connectivity index (χ1) is 5.27. The van der Waals surface area contributed by atoms with Gasteiger partial charge < -0.3 is 0 Å². The molecule has 0 amide bonds. The molecule has 0 aromatic rings. The molecule has 54 valence electrons. The Morgan fingerprint density at radius 1 is 1.55 bits per heavy atom. The van der Waals surface area contributed by atoms with Gasteiger partial charge in [0.05, 0.1) is 10.7 Å². The van der Waals surface area contributed by atoms with Crippen molar-refractivity contribution < 1.29 is 0 Å². The molecule has 0 N–H and O–H groups in total. The molecule has 0 aromatic heterocycles. The summed E-state index contributed by atoms with van der Waals surface area (Å²) in [6, 6.07) is 3.62. The lowest BCUT2D eigenvalue weighted by molar-refractivity contribution is 1.30. The summed E-state index contributed by atoms with van der Waals surface area (Å²) in [6.07, 6.45) is 0. The fourth-order valence-electron chi connectivity index (χ4n) is 0.710. The summed E-state index contributed by atoms with van der Waals surface area (Å²) in [5.41, 5.74) is 0.742. The number of aliphatic imine (C=N–C) groups is 1. The van der Waals surface area contributed by atoms with Gasteiger partial charge in [0.25, 0.3) is 0 Å². The fraction of sp³-hybridized carbons (Fsp3) is 0.286. The number of hydrogen-bond donors (Lipinski definition) is 0. The van der Waals surface area contributed by atoms with Gasteiger partial charge in [-0.3, -0.25) is 0 Å². The quantitative estimate of drug-likeness (QED) is 0.508. The lowest BCUT2D eigenvalue weighted by atomic mass is 10.3. The first-order valence-corrected chi connectivity index (χ1v) is 3.98. The number of hydrogen-bond acceptors (Lipinski definition) is 4. The van der Waals surface area contributed by atoms with E-state index in [4.69, 9.17) is 10.5 Å². The van der Waals surface area contributed by atoms with Crippen LogP contribution in [0.25, 0.3) is 0 Å². The second-order valence-electron chi connectivity index (χ2n) is 1.96. The van der Waals surface area contributed by atoms with E-state index in [-0.39, 0.29) is 5.57 Å². The van der Waals surface area contributed by atoms with Gasteiger partial charge in [-0.05, 0) is 6.92 Å². The Bertz CT molecular complexity index is 298. The number of allylic oxidation sites excluding steroid dienone is 1. The minimum Gasteiger partial charge on any atom is -0.248 e. The summed E-state index contributed by atoms with van der Waals surface area (Å²) in [4.78, 5) is 4.04. The monoisotopic (exact) mass is 163 g/mol. The number of nitriles is 2. The van der Waals surface area contributed by atoms with Crippen LogP contribution in [0.4, 0.5) is 0 Å². The molecule has 1 aliphatic heterocycles. The summed E-state index contributed by atoms with van der Waals surface area (Å²) in [6.45, 7) is 1.87. The van der Waals surface area contributed by atoms with Gasteiger partial charge in [0.2, 0.25) is 0 Å². The molecule has 1 rings (SSSR count). The maximum absolute atomic E-state index is 8.46. The highest BCUT2D eigenvalue weighted by Crippen LogP contribution is 2.22. The molecule has 4 heteroatoms. The van der Waals surface area contributed by atoms with Crippen molar-refractivity contribution in [1.29, 1.82) is 10.5 Å². The Morgan fingerprint density at radius 3 is 2.55 bits per heavy atom. The van der Waals surface area contributed by atoms with Gasteiger partial charge in [0, 0.05) is 5.75 Å². The molecule has 1 aliphatic rings. The molecule has 0 fully saturated rings. The zero-order valence-electron chi connectivity index (χ0n) is 5.96. The van der Waals surface area contributed by atoms with Crippen LogP contribution >= 0.6 is 11.8 Å². The summed E-state index contributed by atoms with van der Waals surface area (Å²) in [5.74, 6) is 0.655. The van der Waals surface area contributed by atoms with Gasteiger partial charge in [-0.25, -0.2) is 4.99 Å². The topological polar surface area (TPSA) is 59.9 Å². The van der Waals surface area contributed by atoms with E-state index in [0.29, 0.717) is 11.4 Å². The second kappa shape index (κ2) is 3.23. The molecule has 0 spiro atoms. The van der Waals surface area contributed by atoms with E-state index >= 15 is 0 Å². The van der Waals surface area contributed by atoms with Crippen LogP contribution in [0.5, 0.6) is 0 Å². The summed E-state index contributed by atoms with van der Waals surface area (Å²) < 4.78 is 0. The molecule has 0 unspecified atom stereocenters. The number of rotatable bonds is 0. The molecule has 0 aromatic carbocycles. The van der Waals surface area contributed by atoms with Crippen molar-refractivity contribution >= 4 is 16.8 Å². The van der Waals surface area contributed by atoms with Crippen molar-refractivity contribution in [2.24, 2.45) is 4.99 Å². The van der Waals surface area contributed by atoms with E-state index < -0.39 is 0 Å². The van der Waals surface area contributed by atoms with E-state index in [0.717, 1.165) is 5.04 Å². The molecule has 0 radical (unpaired) electrons. The average Bonchev–Trinajstić information content (AvgIpc) is 2.39. The molecule has 1 heterocycles. The van der Waals surface area contributed by atoms with Gasteiger partial charge in [-0.2, -0.15) is 10.5 Å². The maximum atomic E-state index is 8.46. The smallest absolute Gasteiger partial charge is 0.151 e. The molecule has 0 atom stereocenters. The molecule has 0 bridgehead atoms. The van der Waals surface area contributed by atoms with Gasteiger partial charge in [-0.1, -0.05) is 0 Å². The number of nitrogens with zero attached hydrogens (tertiary/aromatic N) is 3. The van der Waals surface area contributed by atoms with Crippen LogP contribution in [0.2, 0.25) is 0 Å². The summed E-state index contributed by atoms with van der Waals surface area (Å²) in [5, 5.41) is 17.8. The van der Waals surface area contributed by atoms with Crippen LogP contribution < -0.4 is 0 Å². The highest BCUT2D eigenvalue weighted by Gasteiger charge is 2.12. The summed E-state index contributed by atoms with van der Waals surface area (Å²) >= 11 is 1.55. The van der Waals surface area contributed by atoms with Crippen molar-refractivity contribution in [1.82, 2.24) is 0 Å². The lowest BCUT2D eigenvalue weighted by Crippen LogP contribution is -1.82. The minimum atomic E-state index is 0.134. The van der Waals surface area contributed by atoms with Crippen LogP contribution in [0, 0.1) is 22.7 Å². The lowest BCUT2D eigenvalue weighted by Gasteiger charge is -1.86. The largest absolute Gasteiger partial charge is 0.248 e. The van der Waals surface area contributed by atoms with E-state index in [9.17, 15) is 0 Å². The highest BCUT2D eigenvalue weighted by atomic mass is 32.2. The predicted octanol–water partition coefficient (Wildman–Crippen LogP) is 1.45. The number of thioether (sulfide) groups is 1. The van der Waals surface area contributed by atoms with E-state index in [1.54, 1.807) is 11.8 Å². The molecule has 0 saturated carbocycles. The summed E-state index contributed by atoms with van der Waals surface area (Å²) in [7, 11) is 0. The maximum Gasteiger partial charge on any atom is 0.151 e. The van der Waals surface area contributed by atoms with Crippen molar-refractivity contribution in [2.45, 2.75) is 6.92 Å². The Hall–Kier alpha value is -1.26. The molecule has 0 aliphatic carbocycles. The third kappa shape index (κ3) is 1.60. The molecular formula is C7H5N3S. The Kier molecular flexibility index (Phi) is 2.30. The SMILES string of the molecule is CC1=NC(=C(C#N)C#N)CS1. The van der Waals surface area contributed by atoms with Crippen LogP contribution in [0.1, 0.15) is 6.92 Å². The van der Waals surface area contributed by atoms with Gasteiger partial charge in [0.1, 0.15) is 12.1 Å². The first kappa shape index (κ1) is 7.84. The Labute approximate surface area is 69.0 Å². The molecule has 0 saturated heterocycles. The predicted molar refractivity (Wildman–Crippen MR) is 43.8 cm³/mol. The molecule has 11 heavy (non-hydrogen) atoms. The Balaban J connectivity index is 3.02. The zero-order chi connectivity index (χ0) is 8.27. The highest BCUT2D eigenvalue weighted by molar-refractivity contribution is 8.14. The van der Waals surface area contributed by atoms with Crippen molar-refractivity contribution in [2.75, 3.05) is 5.75 Å². The van der Waals surface area contributed by atoms with Gasteiger partial charge in [-0.15, -0.1) is 11.8 Å². The van der Waals surface area contributed by atoms with E-state index in [2.05, 4.69) is 4.99 Å². The zero-order valence-corrected chi connectivity index (χ0v) is 6.77. The van der Waals surface area contributed by atoms with Crippen LogP contribution in [-0.2, 0) is 0 Å². The van der Waals surface area contributed by atoms with E-state index in [1.807, 2.05) is 19.1 Å².